The van der Waals surface area contributed by atoms with E-state index in [9.17, 15) is 9.59 Å². The van der Waals surface area contributed by atoms with Crippen LogP contribution in [0.3, 0.4) is 0 Å². The molecule has 0 heterocycles. The van der Waals surface area contributed by atoms with Crippen molar-refractivity contribution in [2.24, 2.45) is 0 Å². The fourth-order valence-corrected chi connectivity index (χ4v) is 0.587. The molecule has 5 heteroatoms. The molecule has 13 heavy (non-hydrogen) atoms. The molecule has 0 radical (unpaired) electrons. The lowest BCUT2D eigenvalue weighted by Crippen LogP contribution is -2.31. The molecule has 0 bridgehead atoms. The highest BCUT2D eigenvalue weighted by atomic mass is 16.5. The van der Waals surface area contributed by atoms with Crippen LogP contribution in [0.2, 0.25) is 0 Å². The number of ether oxygens (including phenoxy) is 1. The molecule has 0 rings (SSSR count). The molecule has 0 saturated carbocycles. The van der Waals surface area contributed by atoms with Crippen molar-refractivity contribution in [1.29, 1.82) is 0 Å². The molecule has 0 saturated heterocycles. The van der Waals surface area contributed by atoms with Crippen molar-refractivity contribution in [2.75, 3.05) is 13.2 Å². The molecule has 5 nitrogen and oxygen atoms in total. The predicted molar refractivity (Wildman–Crippen MR) is 46.4 cm³/mol. The Hall–Kier alpha value is -1.10. The molecule has 2 N–H and O–H groups in total. The van der Waals surface area contributed by atoms with Gasteiger partial charge in [0.05, 0.1) is 0 Å². The van der Waals surface area contributed by atoms with Crippen molar-refractivity contribution in [1.82, 2.24) is 5.32 Å². The van der Waals surface area contributed by atoms with E-state index in [2.05, 4.69) is 5.32 Å². The van der Waals surface area contributed by atoms with Crippen LogP contribution in [0.4, 0.5) is 0 Å². The minimum atomic E-state index is -1.07. The van der Waals surface area contributed by atoms with Gasteiger partial charge in [0.2, 0.25) is 5.91 Å². The third-order valence-corrected chi connectivity index (χ3v) is 1.38. The van der Waals surface area contributed by atoms with Crippen molar-refractivity contribution in [3.05, 3.63) is 0 Å². The molecule has 1 amide bonds. The first kappa shape index (κ1) is 11.9. The number of hydrogen-bond donors (Lipinski definition) is 2. The molecule has 0 aromatic carbocycles. The second-order valence-corrected chi connectivity index (χ2v) is 2.64. The molecular formula is C8H15NO4. The Labute approximate surface area is 77.1 Å². The van der Waals surface area contributed by atoms with E-state index in [4.69, 9.17) is 9.84 Å². The minimum Gasteiger partial charge on any atom is -0.479 e. The van der Waals surface area contributed by atoms with Gasteiger partial charge in [-0.25, -0.2) is 4.79 Å². The Morgan fingerprint density at radius 1 is 1.54 bits per heavy atom. The standard InChI is InChI=1S/C8H15NO4/c1-3-4-9-7(10)5-13-6(2)8(11)12/h6H,3-5H2,1-2H3,(H,9,10)(H,11,12). The van der Waals surface area contributed by atoms with Crippen molar-refractivity contribution >= 4 is 11.9 Å². The van der Waals surface area contributed by atoms with E-state index in [0.717, 1.165) is 6.42 Å². The lowest BCUT2D eigenvalue weighted by Gasteiger charge is -2.07. The number of carbonyl (C=O) groups is 2. The van der Waals surface area contributed by atoms with Gasteiger partial charge in [0, 0.05) is 6.54 Å². The first-order chi connectivity index (χ1) is 6.07. The van der Waals surface area contributed by atoms with Crippen molar-refractivity contribution < 1.29 is 19.4 Å². The average Bonchev–Trinajstić information content (AvgIpc) is 2.10. The molecule has 1 unspecified atom stereocenters. The van der Waals surface area contributed by atoms with Crippen LogP contribution in [0.1, 0.15) is 20.3 Å². The number of amides is 1. The van der Waals surface area contributed by atoms with Gasteiger partial charge < -0.3 is 15.2 Å². The van der Waals surface area contributed by atoms with E-state index in [0.29, 0.717) is 6.54 Å². The average molecular weight is 189 g/mol. The van der Waals surface area contributed by atoms with E-state index < -0.39 is 12.1 Å². The normalized spacial score (nSPS) is 12.2. The lowest BCUT2D eigenvalue weighted by atomic mass is 10.4. The second kappa shape index (κ2) is 6.42. The summed E-state index contributed by atoms with van der Waals surface area (Å²) in [5, 5.41) is 11.0. The molecule has 0 aromatic rings. The van der Waals surface area contributed by atoms with Gasteiger partial charge in [-0.15, -0.1) is 0 Å². The smallest absolute Gasteiger partial charge is 0.332 e. The van der Waals surface area contributed by atoms with Gasteiger partial charge in [-0.1, -0.05) is 6.92 Å². The summed E-state index contributed by atoms with van der Waals surface area (Å²) in [5.41, 5.74) is 0. The summed E-state index contributed by atoms with van der Waals surface area (Å²) < 4.78 is 4.75. The van der Waals surface area contributed by atoms with Gasteiger partial charge >= 0.3 is 5.97 Å². The van der Waals surface area contributed by atoms with Crippen LogP contribution in [-0.2, 0) is 14.3 Å². The van der Waals surface area contributed by atoms with Crippen LogP contribution in [0.25, 0.3) is 0 Å². The molecule has 0 aromatic heterocycles. The maximum Gasteiger partial charge on any atom is 0.332 e. The predicted octanol–water partition coefficient (Wildman–Crippen LogP) is 0.00230. The van der Waals surface area contributed by atoms with Crippen LogP contribution >= 0.6 is 0 Å². The molecule has 0 aliphatic heterocycles. The van der Waals surface area contributed by atoms with E-state index in [1.165, 1.54) is 6.92 Å². The van der Waals surface area contributed by atoms with Crippen molar-refractivity contribution in [3.8, 4) is 0 Å². The highest BCUT2D eigenvalue weighted by Gasteiger charge is 2.12. The highest BCUT2D eigenvalue weighted by Crippen LogP contribution is 1.89. The largest absolute Gasteiger partial charge is 0.479 e. The van der Waals surface area contributed by atoms with Crippen LogP contribution < -0.4 is 5.32 Å². The maximum atomic E-state index is 10.9. The topological polar surface area (TPSA) is 75.6 Å². The lowest BCUT2D eigenvalue weighted by molar-refractivity contribution is -0.150. The van der Waals surface area contributed by atoms with Gasteiger partial charge in [0.25, 0.3) is 0 Å². The van der Waals surface area contributed by atoms with Gasteiger partial charge in [-0.05, 0) is 13.3 Å². The van der Waals surface area contributed by atoms with E-state index in [-0.39, 0.29) is 12.5 Å². The number of hydrogen-bond acceptors (Lipinski definition) is 3. The highest BCUT2D eigenvalue weighted by molar-refractivity contribution is 5.78. The maximum absolute atomic E-state index is 10.9. The summed E-state index contributed by atoms with van der Waals surface area (Å²) in [6.45, 7) is 3.70. The zero-order valence-corrected chi connectivity index (χ0v) is 7.87. The Bertz CT molecular complexity index is 181. The Morgan fingerprint density at radius 2 is 2.15 bits per heavy atom. The Kier molecular flexibility index (Phi) is 5.88. The quantitative estimate of drug-likeness (QED) is 0.616. The third kappa shape index (κ3) is 6.10. The molecule has 0 aliphatic rings. The molecular weight excluding hydrogens is 174 g/mol. The molecule has 0 spiro atoms. The molecule has 1 atom stereocenters. The third-order valence-electron chi connectivity index (χ3n) is 1.38. The summed E-state index contributed by atoms with van der Waals surface area (Å²) in [4.78, 5) is 21.2. The monoisotopic (exact) mass is 189 g/mol. The minimum absolute atomic E-state index is 0.201. The Balaban J connectivity index is 3.52. The van der Waals surface area contributed by atoms with Crippen LogP contribution in [-0.4, -0.2) is 36.2 Å². The van der Waals surface area contributed by atoms with Crippen LogP contribution in [0.5, 0.6) is 0 Å². The summed E-state index contributed by atoms with van der Waals surface area (Å²) in [7, 11) is 0. The van der Waals surface area contributed by atoms with Gasteiger partial charge in [-0.3, -0.25) is 4.79 Å². The second-order valence-electron chi connectivity index (χ2n) is 2.64. The number of rotatable bonds is 6. The fraction of sp³-hybridized carbons (Fsp3) is 0.750. The summed E-state index contributed by atoms with van der Waals surface area (Å²) in [6, 6.07) is 0. The van der Waals surface area contributed by atoms with Crippen LogP contribution in [0.15, 0.2) is 0 Å². The number of carbonyl (C=O) groups excluding carboxylic acids is 1. The van der Waals surface area contributed by atoms with E-state index in [1.807, 2.05) is 6.92 Å². The number of aliphatic carboxylic acids is 1. The van der Waals surface area contributed by atoms with E-state index in [1.54, 1.807) is 0 Å². The Morgan fingerprint density at radius 3 is 2.62 bits per heavy atom. The number of carboxylic acid groups (broad SMARTS) is 1. The van der Waals surface area contributed by atoms with Crippen LogP contribution in [0, 0.1) is 0 Å². The SMILES string of the molecule is CCCNC(=O)COC(C)C(=O)O. The van der Waals surface area contributed by atoms with Gasteiger partial charge in [-0.2, -0.15) is 0 Å². The zero-order chi connectivity index (χ0) is 10.3. The van der Waals surface area contributed by atoms with Gasteiger partial charge in [0.15, 0.2) is 6.10 Å². The number of nitrogens with one attached hydrogen (secondary N) is 1. The fourth-order valence-electron chi connectivity index (χ4n) is 0.587. The first-order valence-corrected chi connectivity index (χ1v) is 4.19. The van der Waals surface area contributed by atoms with Crippen molar-refractivity contribution in [3.63, 3.8) is 0 Å². The number of carboxylic acids is 1. The van der Waals surface area contributed by atoms with Gasteiger partial charge in [0.1, 0.15) is 6.61 Å². The molecule has 0 fully saturated rings. The summed E-state index contributed by atoms with van der Waals surface area (Å²) in [6.07, 6.45) is -0.0902. The van der Waals surface area contributed by atoms with Crippen molar-refractivity contribution in [2.45, 2.75) is 26.4 Å². The first-order valence-electron chi connectivity index (χ1n) is 4.19. The van der Waals surface area contributed by atoms with E-state index >= 15 is 0 Å². The summed E-state index contributed by atoms with van der Waals surface area (Å²) in [5.74, 6) is -1.35. The zero-order valence-electron chi connectivity index (χ0n) is 7.87. The summed E-state index contributed by atoms with van der Waals surface area (Å²) >= 11 is 0. The molecule has 76 valence electrons. The molecule has 0 aliphatic carbocycles.